The maximum Gasteiger partial charge on any atom is 0.319 e. The predicted molar refractivity (Wildman–Crippen MR) is 89.1 cm³/mol. The minimum atomic E-state index is -0.312. The lowest BCUT2D eigenvalue weighted by molar-refractivity contribution is 0.248. The summed E-state index contributed by atoms with van der Waals surface area (Å²) >= 11 is 0. The van der Waals surface area contributed by atoms with Crippen molar-refractivity contribution in [1.82, 2.24) is 5.32 Å². The van der Waals surface area contributed by atoms with Crippen LogP contribution in [0.1, 0.15) is 23.5 Å². The fourth-order valence-electron chi connectivity index (χ4n) is 2.29. The molecule has 0 bridgehead atoms. The number of amides is 2. The fourth-order valence-corrected chi connectivity index (χ4v) is 2.29. The van der Waals surface area contributed by atoms with E-state index in [0.29, 0.717) is 24.2 Å². The maximum atomic E-state index is 12.0. The van der Waals surface area contributed by atoms with Gasteiger partial charge in [-0.05, 0) is 36.2 Å². The zero-order valence-electron chi connectivity index (χ0n) is 12.7. The number of hydrogen-bond donors (Lipinski definition) is 3. The van der Waals surface area contributed by atoms with Crippen LogP contribution in [0.5, 0.6) is 0 Å². The first kappa shape index (κ1) is 16.5. The van der Waals surface area contributed by atoms with E-state index in [2.05, 4.69) is 10.6 Å². The molecule has 0 radical (unpaired) electrons. The minimum Gasteiger partial charge on any atom is -0.396 e. The Morgan fingerprint density at radius 3 is 2.43 bits per heavy atom. The Kier molecular flexibility index (Phi) is 6.16. The molecule has 2 aromatic rings. The number of benzene rings is 2. The van der Waals surface area contributed by atoms with E-state index in [0.717, 1.165) is 5.56 Å². The number of carbonyl (C=O) groups excluding carboxylic acids is 1. The first-order chi connectivity index (χ1) is 11.2. The number of carbonyl (C=O) groups is 1. The first-order valence-electron chi connectivity index (χ1n) is 7.43. The number of anilines is 1. The number of nitrogens with one attached hydrogen (secondary N) is 2. The summed E-state index contributed by atoms with van der Waals surface area (Å²) in [5.74, 6) is 0.0629. The molecule has 2 amide bonds. The Bertz CT molecular complexity index is 663. The second kappa shape index (κ2) is 8.57. The SMILES string of the molecule is N#Cc1ccc(NC(=O)NCC(CCO)c2ccccc2)cc1. The second-order valence-corrected chi connectivity index (χ2v) is 5.14. The zero-order valence-corrected chi connectivity index (χ0v) is 12.7. The largest absolute Gasteiger partial charge is 0.396 e. The van der Waals surface area contributed by atoms with Gasteiger partial charge in [0, 0.05) is 24.8 Å². The minimum absolute atomic E-state index is 0.0629. The monoisotopic (exact) mass is 309 g/mol. The Morgan fingerprint density at radius 2 is 1.83 bits per heavy atom. The van der Waals surface area contributed by atoms with Gasteiger partial charge < -0.3 is 15.7 Å². The molecule has 0 fully saturated rings. The molecule has 0 aromatic heterocycles. The van der Waals surface area contributed by atoms with Gasteiger partial charge in [-0.3, -0.25) is 0 Å². The molecule has 0 spiro atoms. The number of hydrogen-bond acceptors (Lipinski definition) is 3. The number of aliphatic hydroxyl groups is 1. The fraction of sp³-hybridized carbons (Fsp3) is 0.222. The highest BCUT2D eigenvalue weighted by molar-refractivity contribution is 5.89. The highest BCUT2D eigenvalue weighted by Gasteiger charge is 2.12. The normalized spacial score (nSPS) is 11.3. The summed E-state index contributed by atoms with van der Waals surface area (Å²) in [6.07, 6.45) is 0.584. The van der Waals surface area contributed by atoms with E-state index < -0.39 is 0 Å². The molecule has 0 aliphatic heterocycles. The van der Waals surface area contributed by atoms with Crippen molar-refractivity contribution in [2.45, 2.75) is 12.3 Å². The van der Waals surface area contributed by atoms with Gasteiger partial charge in [0.05, 0.1) is 11.6 Å². The summed E-state index contributed by atoms with van der Waals surface area (Å²) in [6, 6.07) is 18.2. The molecule has 0 saturated carbocycles. The lowest BCUT2D eigenvalue weighted by atomic mass is 9.96. The van der Waals surface area contributed by atoms with Gasteiger partial charge in [0.2, 0.25) is 0 Å². The van der Waals surface area contributed by atoms with Crippen LogP contribution in [-0.2, 0) is 0 Å². The van der Waals surface area contributed by atoms with Crippen molar-refractivity contribution in [3.63, 3.8) is 0 Å². The van der Waals surface area contributed by atoms with Crippen molar-refractivity contribution in [3.8, 4) is 6.07 Å². The quantitative estimate of drug-likeness (QED) is 0.767. The number of nitrogens with zero attached hydrogens (tertiary/aromatic N) is 1. The van der Waals surface area contributed by atoms with E-state index in [1.807, 2.05) is 36.4 Å². The Labute approximate surface area is 135 Å². The summed E-state index contributed by atoms with van der Waals surface area (Å²) in [7, 11) is 0. The van der Waals surface area contributed by atoms with Crippen molar-refractivity contribution in [3.05, 3.63) is 65.7 Å². The van der Waals surface area contributed by atoms with Gasteiger partial charge in [0.15, 0.2) is 0 Å². The van der Waals surface area contributed by atoms with E-state index in [-0.39, 0.29) is 18.6 Å². The molecule has 0 aliphatic rings. The van der Waals surface area contributed by atoms with E-state index in [1.165, 1.54) is 0 Å². The van der Waals surface area contributed by atoms with E-state index >= 15 is 0 Å². The zero-order chi connectivity index (χ0) is 16.5. The van der Waals surface area contributed by atoms with Crippen LogP contribution >= 0.6 is 0 Å². The Morgan fingerprint density at radius 1 is 1.13 bits per heavy atom. The summed E-state index contributed by atoms with van der Waals surface area (Å²) in [6.45, 7) is 0.505. The van der Waals surface area contributed by atoms with E-state index in [9.17, 15) is 9.90 Å². The van der Waals surface area contributed by atoms with Gasteiger partial charge in [0.25, 0.3) is 0 Å². The third kappa shape index (κ3) is 5.13. The van der Waals surface area contributed by atoms with Gasteiger partial charge >= 0.3 is 6.03 Å². The summed E-state index contributed by atoms with van der Waals surface area (Å²) < 4.78 is 0. The van der Waals surface area contributed by atoms with Crippen LogP contribution in [0.2, 0.25) is 0 Å². The predicted octanol–water partition coefficient (Wildman–Crippen LogP) is 2.85. The van der Waals surface area contributed by atoms with Crippen molar-refractivity contribution in [2.75, 3.05) is 18.5 Å². The van der Waals surface area contributed by atoms with Crippen LogP contribution in [0.3, 0.4) is 0 Å². The molecule has 5 nitrogen and oxygen atoms in total. The van der Waals surface area contributed by atoms with Crippen molar-refractivity contribution < 1.29 is 9.90 Å². The third-order valence-corrected chi connectivity index (χ3v) is 3.53. The Hall–Kier alpha value is -2.84. The van der Waals surface area contributed by atoms with Gasteiger partial charge in [0.1, 0.15) is 0 Å². The van der Waals surface area contributed by atoms with Crippen molar-refractivity contribution >= 4 is 11.7 Å². The molecular formula is C18H19N3O2. The molecule has 0 aliphatic carbocycles. The van der Waals surface area contributed by atoms with Crippen LogP contribution in [0.15, 0.2) is 54.6 Å². The molecule has 118 valence electrons. The molecule has 0 heterocycles. The summed E-state index contributed by atoms with van der Waals surface area (Å²) in [4.78, 5) is 12.0. The van der Waals surface area contributed by atoms with Crippen molar-refractivity contribution in [1.29, 1.82) is 5.26 Å². The van der Waals surface area contributed by atoms with Gasteiger partial charge in [-0.2, -0.15) is 5.26 Å². The smallest absolute Gasteiger partial charge is 0.319 e. The number of aliphatic hydroxyl groups excluding tert-OH is 1. The lowest BCUT2D eigenvalue weighted by Crippen LogP contribution is -2.32. The number of rotatable bonds is 6. The number of urea groups is 1. The summed E-state index contributed by atoms with van der Waals surface area (Å²) in [5, 5.41) is 23.5. The maximum absolute atomic E-state index is 12.0. The van der Waals surface area contributed by atoms with Crippen LogP contribution < -0.4 is 10.6 Å². The van der Waals surface area contributed by atoms with Gasteiger partial charge in [-0.15, -0.1) is 0 Å². The third-order valence-electron chi connectivity index (χ3n) is 3.53. The lowest BCUT2D eigenvalue weighted by Gasteiger charge is -2.17. The topological polar surface area (TPSA) is 85.2 Å². The molecule has 0 saturated heterocycles. The second-order valence-electron chi connectivity index (χ2n) is 5.14. The van der Waals surface area contributed by atoms with Crippen LogP contribution in [0.4, 0.5) is 10.5 Å². The molecule has 2 aromatic carbocycles. The van der Waals surface area contributed by atoms with Crippen LogP contribution in [0.25, 0.3) is 0 Å². The van der Waals surface area contributed by atoms with Gasteiger partial charge in [-0.1, -0.05) is 30.3 Å². The van der Waals surface area contributed by atoms with Crippen LogP contribution in [-0.4, -0.2) is 24.3 Å². The van der Waals surface area contributed by atoms with Crippen molar-refractivity contribution in [2.24, 2.45) is 0 Å². The molecule has 23 heavy (non-hydrogen) atoms. The molecule has 2 rings (SSSR count). The molecule has 5 heteroatoms. The molecular weight excluding hydrogens is 290 g/mol. The Balaban J connectivity index is 1.89. The molecule has 1 unspecified atom stereocenters. The molecule has 1 atom stereocenters. The van der Waals surface area contributed by atoms with E-state index in [4.69, 9.17) is 5.26 Å². The standard InChI is InChI=1S/C18H19N3O2/c19-12-14-6-8-17(9-7-14)21-18(23)20-13-16(10-11-22)15-4-2-1-3-5-15/h1-9,16,22H,10-11,13H2,(H2,20,21,23). The first-order valence-corrected chi connectivity index (χ1v) is 7.43. The number of nitriles is 1. The average Bonchev–Trinajstić information content (AvgIpc) is 2.60. The summed E-state index contributed by atoms with van der Waals surface area (Å²) in [5.41, 5.74) is 2.25. The average molecular weight is 309 g/mol. The van der Waals surface area contributed by atoms with Crippen LogP contribution in [0, 0.1) is 11.3 Å². The van der Waals surface area contributed by atoms with E-state index in [1.54, 1.807) is 24.3 Å². The highest BCUT2D eigenvalue weighted by Crippen LogP contribution is 2.18. The van der Waals surface area contributed by atoms with Gasteiger partial charge in [-0.25, -0.2) is 4.79 Å². The molecule has 3 N–H and O–H groups in total. The highest BCUT2D eigenvalue weighted by atomic mass is 16.3.